The number of methoxy groups -OCH3 is 1. The van der Waals surface area contributed by atoms with Gasteiger partial charge >= 0.3 is 0 Å². The average Bonchev–Trinajstić information content (AvgIpc) is 2.67. The second-order valence-electron chi connectivity index (χ2n) is 7.46. The first-order chi connectivity index (χ1) is 13.1. The maximum atomic E-state index is 10.0. The number of aromatic nitrogens is 1. The fourth-order valence-electron chi connectivity index (χ4n) is 3.90. The Labute approximate surface area is 160 Å². The molecule has 0 aliphatic carbocycles. The lowest BCUT2D eigenvalue weighted by Gasteiger charge is -2.30. The SMILES string of the molecule is COc1ccc2cc(CN3CCC[C@H](O)C3)c(-c3cccc(C)c3)nc2c1. The summed E-state index contributed by atoms with van der Waals surface area (Å²) in [4.78, 5) is 7.34. The summed E-state index contributed by atoms with van der Waals surface area (Å²) < 4.78 is 5.37. The lowest BCUT2D eigenvalue weighted by Crippen LogP contribution is -2.37. The minimum Gasteiger partial charge on any atom is -0.497 e. The van der Waals surface area contributed by atoms with Crippen molar-refractivity contribution in [1.29, 1.82) is 0 Å². The van der Waals surface area contributed by atoms with Crippen LogP contribution in [0.5, 0.6) is 5.75 Å². The zero-order valence-corrected chi connectivity index (χ0v) is 16.0. The standard InChI is InChI=1S/C23H26N2O2/c1-16-5-3-6-18(11-16)23-19(14-25-10-4-7-20(26)15-25)12-17-8-9-21(27-2)13-22(17)24-23/h3,5-6,8-9,11-13,20,26H,4,7,10,14-15H2,1-2H3/t20-/m0/s1. The summed E-state index contributed by atoms with van der Waals surface area (Å²) in [5, 5.41) is 11.1. The normalized spacial score (nSPS) is 18.0. The molecular formula is C23H26N2O2. The Morgan fingerprint density at radius 3 is 2.85 bits per heavy atom. The summed E-state index contributed by atoms with van der Waals surface area (Å²) in [6.07, 6.45) is 1.72. The number of piperidine rings is 1. The van der Waals surface area contributed by atoms with Crippen LogP contribution in [0, 0.1) is 6.92 Å². The molecule has 4 nitrogen and oxygen atoms in total. The molecule has 0 bridgehead atoms. The van der Waals surface area contributed by atoms with E-state index in [1.54, 1.807) is 7.11 Å². The number of aliphatic hydroxyl groups is 1. The average molecular weight is 362 g/mol. The lowest BCUT2D eigenvalue weighted by molar-refractivity contribution is 0.0669. The summed E-state index contributed by atoms with van der Waals surface area (Å²) in [7, 11) is 1.68. The summed E-state index contributed by atoms with van der Waals surface area (Å²) in [6.45, 7) is 4.66. The number of aliphatic hydroxyl groups excluding tert-OH is 1. The van der Waals surface area contributed by atoms with Crippen molar-refractivity contribution in [1.82, 2.24) is 9.88 Å². The van der Waals surface area contributed by atoms with E-state index in [1.807, 2.05) is 12.1 Å². The van der Waals surface area contributed by atoms with Crippen molar-refractivity contribution < 1.29 is 9.84 Å². The van der Waals surface area contributed by atoms with Gasteiger partial charge in [-0.1, -0.05) is 23.8 Å². The highest BCUT2D eigenvalue weighted by atomic mass is 16.5. The van der Waals surface area contributed by atoms with Crippen LogP contribution in [-0.2, 0) is 6.54 Å². The summed E-state index contributed by atoms with van der Waals surface area (Å²) in [6, 6.07) is 16.8. The molecular weight excluding hydrogens is 336 g/mol. The van der Waals surface area contributed by atoms with E-state index in [2.05, 4.69) is 48.2 Å². The Bertz CT molecular complexity index is 954. The van der Waals surface area contributed by atoms with Crippen molar-refractivity contribution in [2.75, 3.05) is 20.2 Å². The molecule has 1 fully saturated rings. The van der Waals surface area contributed by atoms with Gasteiger partial charge in [0.15, 0.2) is 0 Å². The highest BCUT2D eigenvalue weighted by Crippen LogP contribution is 2.29. The smallest absolute Gasteiger partial charge is 0.121 e. The van der Waals surface area contributed by atoms with Gasteiger partial charge in [-0.3, -0.25) is 4.90 Å². The van der Waals surface area contributed by atoms with E-state index in [0.717, 1.165) is 60.4 Å². The van der Waals surface area contributed by atoms with Crippen LogP contribution in [0.25, 0.3) is 22.2 Å². The molecule has 1 atom stereocenters. The van der Waals surface area contributed by atoms with Gasteiger partial charge in [0.05, 0.1) is 24.4 Å². The van der Waals surface area contributed by atoms with Crippen LogP contribution in [0.1, 0.15) is 24.0 Å². The Morgan fingerprint density at radius 1 is 1.19 bits per heavy atom. The predicted molar refractivity (Wildman–Crippen MR) is 109 cm³/mol. The van der Waals surface area contributed by atoms with Gasteiger partial charge in [0, 0.05) is 30.1 Å². The number of benzene rings is 2. The van der Waals surface area contributed by atoms with Crippen LogP contribution >= 0.6 is 0 Å². The highest BCUT2D eigenvalue weighted by Gasteiger charge is 2.20. The van der Waals surface area contributed by atoms with Crippen LogP contribution in [0.15, 0.2) is 48.5 Å². The molecule has 1 aliphatic heterocycles. The maximum Gasteiger partial charge on any atom is 0.121 e. The second kappa shape index (κ2) is 7.67. The molecule has 1 aliphatic rings. The van der Waals surface area contributed by atoms with Crippen molar-refractivity contribution in [3.05, 3.63) is 59.7 Å². The fourth-order valence-corrected chi connectivity index (χ4v) is 3.90. The molecule has 3 aromatic rings. The van der Waals surface area contributed by atoms with Crippen molar-refractivity contribution in [2.45, 2.75) is 32.4 Å². The zero-order valence-electron chi connectivity index (χ0n) is 16.0. The van der Waals surface area contributed by atoms with Crippen LogP contribution in [0.4, 0.5) is 0 Å². The maximum absolute atomic E-state index is 10.0. The van der Waals surface area contributed by atoms with E-state index in [9.17, 15) is 5.11 Å². The molecule has 1 N–H and O–H groups in total. The first-order valence-electron chi connectivity index (χ1n) is 9.57. The molecule has 2 heterocycles. The van der Waals surface area contributed by atoms with Gasteiger partial charge in [0.25, 0.3) is 0 Å². The topological polar surface area (TPSA) is 45.6 Å². The molecule has 1 saturated heterocycles. The van der Waals surface area contributed by atoms with Crippen LogP contribution in [0.2, 0.25) is 0 Å². The number of aryl methyl sites for hydroxylation is 1. The third kappa shape index (κ3) is 3.97. The summed E-state index contributed by atoms with van der Waals surface area (Å²) in [5.74, 6) is 0.817. The fraction of sp³-hybridized carbons (Fsp3) is 0.348. The predicted octanol–water partition coefficient (Wildman–Crippen LogP) is 4.18. The first-order valence-corrected chi connectivity index (χ1v) is 9.57. The van der Waals surface area contributed by atoms with Gasteiger partial charge in [-0.25, -0.2) is 4.98 Å². The number of hydrogen-bond acceptors (Lipinski definition) is 4. The van der Waals surface area contributed by atoms with E-state index in [0.29, 0.717) is 0 Å². The number of hydrogen-bond donors (Lipinski definition) is 1. The molecule has 0 amide bonds. The third-order valence-corrected chi connectivity index (χ3v) is 5.27. The van der Waals surface area contributed by atoms with E-state index < -0.39 is 0 Å². The molecule has 140 valence electrons. The Morgan fingerprint density at radius 2 is 2.07 bits per heavy atom. The monoisotopic (exact) mass is 362 g/mol. The zero-order chi connectivity index (χ0) is 18.8. The minimum absolute atomic E-state index is 0.223. The number of β-amino-alcohol motifs (C(OH)–C–C–N with tert-alkyl or cyclic N) is 1. The van der Waals surface area contributed by atoms with Crippen LogP contribution < -0.4 is 4.74 Å². The second-order valence-corrected chi connectivity index (χ2v) is 7.46. The van der Waals surface area contributed by atoms with Crippen LogP contribution in [-0.4, -0.2) is 41.3 Å². The molecule has 0 saturated carbocycles. The largest absolute Gasteiger partial charge is 0.497 e. The van der Waals surface area contributed by atoms with E-state index >= 15 is 0 Å². The number of ether oxygens (including phenoxy) is 1. The van der Waals surface area contributed by atoms with Gasteiger partial charge in [0.2, 0.25) is 0 Å². The van der Waals surface area contributed by atoms with Crippen molar-refractivity contribution in [2.24, 2.45) is 0 Å². The highest BCUT2D eigenvalue weighted by molar-refractivity contribution is 5.84. The molecule has 0 unspecified atom stereocenters. The van der Waals surface area contributed by atoms with Crippen molar-refractivity contribution in [3.8, 4) is 17.0 Å². The molecule has 2 aromatic carbocycles. The Kier molecular flexibility index (Phi) is 5.10. The van der Waals surface area contributed by atoms with Gasteiger partial charge < -0.3 is 9.84 Å². The number of nitrogens with zero attached hydrogens (tertiary/aromatic N) is 2. The molecule has 27 heavy (non-hydrogen) atoms. The number of rotatable bonds is 4. The van der Waals surface area contributed by atoms with Gasteiger partial charge in [-0.05, 0) is 56.1 Å². The van der Waals surface area contributed by atoms with Crippen LogP contribution in [0.3, 0.4) is 0 Å². The van der Waals surface area contributed by atoms with Crippen molar-refractivity contribution >= 4 is 10.9 Å². The Balaban J connectivity index is 1.80. The molecule has 1 aromatic heterocycles. The van der Waals surface area contributed by atoms with Gasteiger partial charge in [-0.15, -0.1) is 0 Å². The van der Waals surface area contributed by atoms with E-state index in [4.69, 9.17) is 9.72 Å². The minimum atomic E-state index is -0.223. The molecule has 4 heteroatoms. The molecule has 0 spiro atoms. The van der Waals surface area contributed by atoms with E-state index in [1.165, 1.54) is 11.1 Å². The number of fused-ring (bicyclic) bond motifs is 1. The Hall–Kier alpha value is -2.43. The summed E-state index contributed by atoms with van der Waals surface area (Å²) >= 11 is 0. The summed E-state index contributed by atoms with van der Waals surface area (Å²) in [5.41, 5.74) is 5.51. The van der Waals surface area contributed by atoms with Gasteiger partial charge in [0.1, 0.15) is 5.75 Å². The quantitative estimate of drug-likeness (QED) is 0.756. The number of pyridine rings is 1. The first kappa shape index (κ1) is 18.0. The van der Waals surface area contributed by atoms with Crippen molar-refractivity contribution in [3.63, 3.8) is 0 Å². The lowest BCUT2D eigenvalue weighted by atomic mass is 10.00. The number of likely N-dealkylation sites (tertiary alicyclic amines) is 1. The third-order valence-electron chi connectivity index (χ3n) is 5.27. The van der Waals surface area contributed by atoms with E-state index in [-0.39, 0.29) is 6.10 Å². The molecule has 0 radical (unpaired) electrons. The molecule has 4 rings (SSSR count). The van der Waals surface area contributed by atoms with Gasteiger partial charge in [-0.2, -0.15) is 0 Å².